The molecule has 17 heavy (non-hydrogen) atoms. The molecular weight excluding hydrogens is 234 g/mol. The number of rotatable bonds is 7. The van der Waals surface area contributed by atoms with Gasteiger partial charge in [0.15, 0.2) is 0 Å². The molecule has 0 amide bonds. The number of nitrogens with one attached hydrogen (secondary N) is 1. The van der Waals surface area contributed by atoms with Crippen LogP contribution in [0.2, 0.25) is 0 Å². The topological polar surface area (TPSA) is 38.3 Å². The lowest BCUT2D eigenvalue weighted by Crippen LogP contribution is -2.24. The summed E-state index contributed by atoms with van der Waals surface area (Å²) in [5.74, 6) is -0.163. The second-order valence-electron chi connectivity index (χ2n) is 4.13. The lowest BCUT2D eigenvalue weighted by Gasteiger charge is -2.04. The number of aryl methyl sites for hydroxylation is 2. The number of unbranched alkanes of at least 4 members (excludes halogenated alkanes) is 1. The first-order valence-corrected chi connectivity index (χ1v) is 6.87. The van der Waals surface area contributed by atoms with Crippen LogP contribution >= 0.6 is 11.3 Å². The zero-order valence-electron chi connectivity index (χ0n) is 10.8. The summed E-state index contributed by atoms with van der Waals surface area (Å²) < 4.78 is 5.05. The van der Waals surface area contributed by atoms with Crippen LogP contribution in [0.15, 0.2) is 6.07 Å². The molecule has 0 aliphatic heterocycles. The Morgan fingerprint density at radius 1 is 1.47 bits per heavy atom. The molecule has 96 valence electrons. The smallest absolute Gasteiger partial charge is 0.319 e. The third kappa shape index (κ3) is 5.33. The van der Waals surface area contributed by atoms with E-state index >= 15 is 0 Å². The van der Waals surface area contributed by atoms with Crippen molar-refractivity contribution >= 4 is 17.3 Å². The summed E-state index contributed by atoms with van der Waals surface area (Å²) in [4.78, 5) is 13.9. The van der Waals surface area contributed by atoms with Crippen molar-refractivity contribution in [2.75, 3.05) is 13.2 Å². The van der Waals surface area contributed by atoms with Gasteiger partial charge in [-0.3, -0.25) is 4.79 Å². The normalized spacial score (nSPS) is 10.5. The van der Waals surface area contributed by atoms with Crippen LogP contribution < -0.4 is 5.32 Å². The predicted molar refractivity (Wildman–Crippen MR) is 71.4 cm³/mol. The Bertz CT molecular complexity index is 341. The molecular formula is C13H21NO2S. The van der Waals surface area contributed by atoms with Crippen molar-refractivity contribution in [1.29, 1.82) is 0 Å². The predicted octanol–water partition coefficient (Wildman–Crippen LogP) is 2.80. The van der Waals surface area contributed by atoms with Crippen molar-refractivity contribution in [1.82, 2.24) is 5.32 Å². The van der Waals surface area contributed by atoms with Crippen LogP contribution in [0.3, 0.4) is 0 Å². The molecule has 3 nitrogen and oxygen atoms in total. The second kappa shape index (κ2) is 7.45. The Morgan fingerprint density at radius 2 is 2.24 bits per heavy atom. The van der Waals surface area contributed by atoms with Gasteiger partial charge in [-0.25, -0.2) is 0 Å². The molecule has 1 rings (SSSR count). The van der Waals surface area contributed by atoms with Crippen molar-refractivity contribution < 1.29 is 9.53 Å². The highest BCUT2D eigenvalue weighted by Crippen LogP contribution is 2.19. The average molecular weight is 255 g/mol. The van der Waals surface area contributed by atoms with Gasteiger partial charge in [0.2, 0.25) is 0 Å². The summed E-state index contributed by atoms with van der Waals surface area (Å²) >= 11 is 1.77. The highest BCUT2D eigenvalue weighted by atomic mass is 32.1. The lowest BCUT2D eigenvalue weighted by molar-refractivity contribution is -0.142. The van der Waals surface area contributed by atoms with E-state index in [9.17, 15) is 4.79 Å². The molecule has 1 aromatic rings. The minimum Gasteiger partial charge on any atom is -0.465 e. The third-order valence-corrected chi connectivity index (χ3v) is 3.70. The minimum absolute atomic E-state index is 0.163. The Balaban J connectivity index is 2.17. The van der Waals surface area contributed by atoms with E-state index in [-0.39, 0.29) is 5.97 Å². The summed E-state index contributed by atoms with van der Waals surface area (Å²) in [5, 5.41) is 3.10. The Hall–Kier alpha value is -0.870. The lowest BCUT2D eigenvalue weighted by atomic mass is 10.3. The molecule has 0 atom stereocenters. The molecule has 0 fully saturated rings. The molecule has 0 saturated heterocycles. The van der Waals surface area contributed by atoms with Crippen LogP contribution in [-0.4, -0.2) is 19.1 Å². The maximum atomic E-state index is 11.3. The number of thiophene rings is 1. The maximum absolute atomic E-state index is 11.3. The van der Waals surface area contributed by atoms with E-state index in [1.165, 1.54) is 15.3 Å². The summed E-state index contributed by atoms with van der Waals surface area (Å²) in [5.41, 5.74) is 1.32. The molecule has 1 heterocycles. The number of carbonyl (C=O) groups is 1. The molecule has 0 unspecified atom stereocenters. The molecule has 0 aliphatic rings. The number of hydrogen-bond acceptors (Lipinski definition) is 4. The van der Waals surface area contributed by atoms with Gasteiger partial charge in [-0.2, -0.15) is 0 Å². The van der Waals surface area contributed by atoms with E-state index in [4.69, 9.17) is 4.74 Å². The van der Waals surface area contributed by atoms with Gasteiger partial charge in [0.1, 0.15) is 0 Å². The van der Waals surface area contributed by atoms with Gasteiger partial charge in [0, 0.05) is 16.3 Å². The first-order chi connectivity index (χ1) is 8.13. The van der Waals surface area contributed by atoms with E-state index in [0.29, 0.717) is 13.2 Å². The van der Waals surface area contributed by atoms with Gasteiger partial charge in [-0.1, -0.05) is 13.3 Å². The van der Waals surface area contributed by atoms with Crippen molar-refractivity contribution in [2.24, 2.45) is 0 Å². The maximum Gasteiger partial charge on any atom is 0.319 e. The summed E-state index contributed by atoms with van der Waals surface area (Å²) in [7, 11) is 0. The highest BCUT2D eigenvalue weighted by Gasteiger charge is 2.04. The first kappa shape index (κ1) is 14.2. The number of esters is 1. The minimum atomic E-state index is -0.163. The van der Waals surface area contributed by atoms with Gasteiger partial charge in [0.25, 0.3) is 0 Å². The van der Waals surface area contributed by atoms with Crippen molar-refractivity contribution in [3.63, 3.8) is 0 Å². The van der Waals surface area contributed by atoms with Crippen LogP contribution in [-0.2, 0) is 16.1 Å². The average Bonchev–Trinajstić information content (AvgIpc) is 2.59. The standard InChI is InChI=1S/C13H21NO2S/c1-4-5-6-16-13(15)9-14-8-12-7-10(2)11(3)17-12/h7,14H,4-6,8-9H2,1-3H3. The molecule has 4 heteroatoms. The van der Waals surface area contributed by atoms with Gasteiger partial charge in [-0.15, -0.1) is 11.3 Å². The van der Waals surface area contributed by atoms with E-state index in [2.05, 4.69) is 32.2 Å². The summed E-state index contributed by atoms with van der Waals surface area (Å²) in [6.07, 6.45) is 1.99. The second-order valence-corrected chi connectivity index (χ2v) is 5.47. The third-order valence-electron chi connectivity index (χ3n) is 2.55. The van der Waals surface area contributed by atoms with E-state index < -0.39 is 0 Å². The van der Waals surface area contributed by atoms with Crippen LogP contribution in [0.4, 0.5) is 0 Å². The zero-order chi connectivity index (χ0) is 12.7. The van der Waals surface area contributed by atoms with Crippen LogP contribution in [0.5, 0.6) is 0 Å². The fraction of sp³-hybridized carbons (Fsp3) is 0.615. The number of ether oxygens (including phenoxy) is 1. The monoisotopic (exact) mass is 255 g/mol. The van der Waals surface area contributed by atoms with Crippen LogP contribution in [0.25, 0.3) is 0 Å². The fourth-order valence-corrected chi connectivity index (χ4v) is 2.43. The largest absolute Gasteiger partial charge is 0.465 e. The number of hydrogen-bond donors (Lipinski definition) is 1. The van der Waals surface area contributed by atoms with E-state index in [0.717, 1.165) is 19.4 Å². The molecule has 0 aromatic carbocycles. The van der Waals surface area contributed by atoms with E-state index in [1.807, 2.05) is 0 Å². The molecule has 0 radical (unpaired) electrons. The Kier molecular flexibility index (Phi) is 6.22. The number of carbonyl (C=O) groups excluding carboxylic acids is 1. The van der Waals surface area contributed by atoms with Gasteiger partial charge in [0.05, 0.1) is 13.2 Å². The quantitative estimate of drug-likeness (QED) is 0.601. The fourth-order valence-electron chi connectivity index (χ4n) is 1.41. The molecule has 0 bridgehead atoms. The van der Waals surface area contributed by atoms with Crippen molar-refractivity contribution in [3.8, 4) is 0 Å². The summed E-state index contributed by atoms with van der Waals surface area (Å²) in [6.45, 7) is 7.86. The van der Waals surface area contributed by atoms with Crippen molar-refractivity contribution in [2.45, 2.75) is 40.2 Å². The van der Waals surface area contributed by atoms with Crippen LogP contribution in [0, 0.1) is 13.8 Å². The van der Waals surface area contributed by atoms with Crippen LogP contribution in [0.1, 0.15) is 35.1 Å². The molecule has 0 saturated carbocycles. The Morgan fingerprint density at radius 3 is 2.82 bits per heavy atom. The van der Waals surface area contributed by atoms with Gasteiger partial charge >= 0.3 is 5.97 Å². The van der Waals surface area contributed by atoms with Crippen molar-refractivity contribution in [3.05, 3.63) is 21.4 Å². The summed E-state index contributed by atoms with van der Waals surface area (Å²) in [6, 6.07) is 2.16. The zero-order valence-corrected chi connectivity index (χ0v) is 11.7. The molecule has 1 aromatic heterocycles. The van der Waals surface area contributed by atoms with Gasteiger partial charge < -0.3 is 10.1 Å². The molecule has 0 spiro atoms. The Labute approximate surface area is 107 Å². The SMILES string of the molecule is CCCCOC(=O)CNCc1cc(C)c(C)s1. The molecule has 1 N–H and O–H groups in total. The molecule has 0 aliphatic carbocycles. The van der Waals surface area contributed by atoms with Gasteiger partial charge in [-0.05, 0) is 31.9 Å². The highest BCUT2D eigenvalue weighted by molar-refractivity contribution is 7.12. The van der Waals surface area contributed by atoms with E-state index in [1.54, 1.807) is 11.3 Å². The first-order valence-electron chi connectivity index (χ1n) is 6.05.